The highest BCUT2D eigenvalue weighted by molar-refractivity contribution is 7.92. The molecule has 3 aromatic rings. The Morgan fingerprint density at radius 2 is 1.74 bits per heavy atom. The number of fused-ring (bicyclic) bond motifs is 1. The van der Waals surface area contributed by atoms with Crippen LogP contribution >= 0.6 is 0 Å². The number of carbonyl (C=O) groups is 1. The van der Waals surface area contributed by atoms with Crippen molar-refractivity contribution in [1.29, 1.82) is 0 Å². The minimum atomic E-state index is -4.08. The summed E-state index contributed by atoms with van der Waals surface area (Å²) >= 11 is 0. The van der Waals surface area contributed by atoms with E-state index in [2.05, 4.69) is 10.5 Å². The van der Waals surface area contributed by atoms with Gasteiger partial charge in [0, 0.05) is 6.07 Å². The lowest BCUT2D eigenvalue weighted by Gasteiger charge is -2.24. The van der Waals surface area contributed by atoms with Gasteiger partial charge in [-0.05, 0) is 48.0 Å². The van der Waals surface area contributed by atoms with E-state index >= 15 is 0 Å². The molecule has 0 aliphatic carbocycles. The van der Waals surface area contributed by atoms with Gasteiger partial charge in [-0.25, -0.2) is 13.8 Å². The molecule has 0 spiro atoms. The molecule has 1 heterocycles. The average Bonchev–Trinajstić information content (AvgIpc) is 3.35. The van der Waals surface area contributed by atoms with Crippen molar-refractivity contribution in [3.63, 3.8) is 0 Å². The second-order valence-corrected chi connectivity index (χ2v) is 9.13. The van der Waals surface area contributed by atoms with Gasteiger partial charge in [0.15, 0.2) is 23.0 Å². The van der Waals surface area contributed by atoms with Gasteiger partial charge in [0.2, 0.25) is 6.79 Å². The number of benzene rings is 3. The van der Waals surface area contributed by atoms with E-state index in [4.69, 9.17) is 18.9 Å². The molecule has 4 rings (SSSR count). The van der Waals surface area contributed by atoms with E-state index in [-0.39, 0.29) is 17.4 Å². The van der Waals surface area contributed by atoms with E-state index in [1.807, 2.05) is 0 Å². The van der Waals surface area contributed by atoms with Crippen LogP contribution in [-0.2, 0) is 14.8 Å². The van der Waals surface area contributed by atoms with Crippen molar-refractivity contribution in [1.82, 2.24) is 5.43 Å². The maximum atomic E-state index is 13.4. The third-order valence-electron chi connectivity index (χ3n) is 5.07. The molecule has 1 N–H and O–H groups in total. The van der Waals surface area contributed by atoms with Gasteiger partial charge in [0.1, 0.15) is 6.54 Å². The zero-order valence-corrected chi connectivity index (χ0v) is 19.8. The number of ether oxygens (including phenoxy) is 4. The van der Waals surface area contributed by atoms with Crippen LogP contribution in [0.5, 0.6) is 23.0 Å². The molecule has 0 radical (unpaired) electrons. The first-order chi connectivity index (χ1) is 16.9. The van der Waals surface area contributed by atoms with E-state index in [0.29, 0.717) is 28.6 Å². The van der Waals surface area contributed by atoms with E-state index in [9.17, 15) is 13.2 Å². The first-order valence-corrected chi connectivity index (χ1v) is 11.9. The second-order valence-electron chi connectivity index (χ2n) is 7.27. The molecular formula is C24H23N3O7S. The van der Waals surface area contributed by atoms with Crippen molar-refractivity contribution >= 4 is 27.8 Å². The molecule has 35 heavy (non-hydrogen) atoms. The fourth-order valence-corrected chi connectivity index (χ4v) is 4.79. The molecule has 0 aromatic heterocycles. The zero-order valence-electron chi connectivity index (χ0n) is 19.0. The summed E-state index contributed by atoms with van der Waals surface area (Å²) in [5.41, 5.74) is 3.26. The van der Waals surface area contributed by atoms with E-state index in [0.717, 1.165) is 4.31 Å². The fourth-order valence-electron chi connectivity index (χ4n) is 3.35. The highest BCUT2D eigenvalue weighted by atomic mass is 32.2. The molecule has 0 atom stereocenters. The number of carbonyl (C=O) groups excluding carboxylic acids is 1. The minimum absolute atomic E-state index is 0.0337. The molecule has 0 saturated heterocycles. The van der Waals surface area contributed by atoms with E-state index in [1.54, 1.807) is 42.5 Å². The molecule has 1 amide bonds. The quantitative estimate of drug-likeness (QED) is 0.357. The number of nitrogens with zero attached hydrogens (tertiary/aromatic N) is 2. The molecule has 3 aromatic carbocycles. The van der Waals surface area contributed by atoms with Crippen LogP contribution < -0.4 is 28.7 Å². The monoisotopic (exact) mass is 497 g/mol. The van der Waals surface area contributed by atoms with Crippen molar-refractivity contribution in [3.05, 3.63) is 72.3 Å². The predicted molar refractivity (Wildman–Crippen MR) is 129 cm³/mol. The second kappa shape index (κ2) is 10.3. The van der Waals surface area contributed by atoms with Crippen molar-refractivity contribution in [2.75, 3.05) is 31.9 Å². The molecule has 182 valence electrons. The van der Waals surface area contributed by atoms with Crippen LogP contribution in [0, 0.1) is 0 Å². The standard InChI is InChI=1S/C24H23N3O7S/c1-31-20-11-9-18(13-22(20)32-2)27(35(29,30)19-6-4-3-5-7-19)15-24(28)26-25-14-17-8-10-21-23(12-17)34-16-33-21/h3-14H,15-16H2,1-2H3,(H,26,28)/b25-14-. The summed E-state index contributed by atoms with van der Waals surface area (Å²) in [7, 11) is -1.17. The van der Waals surface area contributed by atoms with Crippen molar-refractivity contribution in [2.45, 2.75) is 4.90 Å². The Bertz CT molecular complexity index is 1340. The van der Waals surface area contributed by atoms with Gasteiger partial charge < -0.3 is 18.9 Å². The van der Waals surface area contributed by atoms with Crippen LogP contribution in [0.1, 0.15) is 5.56 Å². The lowest BCUT2D eigenvalue weighted by atomic mass is 10.2. The Hall–Kier alpha value is -4.25. The highest BCUT2D eigenvalue weighted by Crippen LogP contribution is 2.34. The number of amides is 1. The molecule has 11 heteroatoms. The predicted octanol–water partition coefficient (Wildman–Crippen LogP) is 2.78. The highest BCUT2D eigenvalue weighted by Gasteiger charge is 2.28. The maximum absolute atomic E-state index is 13.4. The van der Waals surface area contributed by atoms with Crippen LogP contribution in [0.15, 0.2) is 76.7 Å². The number of rotatable bonds is 9. The number of hydrazone groups is 1. The summed E-state index contributed by atoms with van der Waals surface area (Å²) < 4.78 is 49.0. The Morgan fingerprint density at radius 3 is 2.49 bits per heavy atom. The lowest BCUT2D eigenvalue weighted by molar-refractivity contribution is -0.119. The van der Waals surface area contributed by atoms with Gasteiger partial charge in [-0.15, -0.1) is 0 Å². The number of hydrogen-bond donors (Lipinski definition) is 1. The number of nitrogens with one attached hydrogen (secondary N) is 1. The van der Waals surface area contributed by atoms with Crippen LogP contribution in [0.3, 0.4) is 0 Å². The van der Waals surface area contributed by atoms with Crippen LogP contribution in [0.25, 0.3) is 0 Å². The van der Waals surface area contributed by atoms with Gasteiger partial charge in [-0.2, -0.15) is 5.10 Å². The Labute approximate surface area is 202 Å². The molecule has 1 aliphatic heterocycles. The summed E-state index contributed by atoms with van der Waals surface area (Å²) in [6, 6.07) is 17.6. The van der Waals surface area contributed by atoms with Gasteiger partial charge in [-0.1, -0.05) is 18.2 Å². The molecule has 0 bridgehead atoms. The molecular weight excluding hydrogens is 474 g/mol. The number of methoxy groups -OCH3 is 2. The minimum Gasteiger partial charge on any atom is -0.493 e. The first-order valence-electron chi connectivity index (χ1n) is 10.4. The maximum Gasteiger partial charge on any atom is 0.264 e. The average molecular weight is 498 g/mol. The van der Waals surface area contributed by atoms with Crippen molar-refractivity contribution in [2.24, 2.45) is 5.10 Å². The summed E-state index contributed by atoms with van der Waals surface area (Å²) in [6.07, 6.45) is 1.42. The van der Waals surface area contributed by atoms with Crippen LogP contribution in [0.2, 0.25) is 0 Å². The van der Waals surface area contributed by atoms with Gasteiger partial charge in [0.05, 0.1) is 31.0 Å². The normalized spacial score (nSPS) is 12.4. The largest absolute Gasteiger partial charge is 0.493 e. The molecule has 10 nitrogen and oxygen atoms in total. The number of hydrogen-bond acceptors (Lipinski definition) is 8. The summed E-state index contributed by atoms with van der Waals surface area (Å²) in [5, 5.41) is 3.94. The van der Waals surface area contributed by atoms with Crippen LogP contribution in [-0.4, -0.2) is 48.1 Å². The van der Waals surface area contributed by atoms with Crippen molar-refractivity contribution in [3.8, 4) is 23.0 Å². The molecule has 0 saturated carbocycles. The van der Waals surface area contributed by atoms with Gasteiger partial charge >= 0.3 is 0 Å². The summed E-state index contributed by atoms with van der Waals surface area (Å²) in [4.78, 5) is 12.8. The smallest absolute Gasteiger partial charge is 0.264 e. The Morgan fingerprint density at radius 1 is 1.00 bits per heavy atom. The zero-order chi connectivity index (χ0) is 24.8. The third-order valence-corrected chi connectivity index (χ3v) is 6.86. The summed E-state index contributed by atoms with van der Waals surface area (Å²) in [6.45, 7) is -0.375. The van der Waals surface area contributed by atoms with Crippen molar-refractivity contribution < 1.29 is 32.2 Å². The first kappa shape index (κ1) is 23.9. The molecule has 0 fully saturated rings. The Balaban J connectivity index is 1.57. The van der Waals surface area contributed by atoms with Crippen LogP contribution in [0.4, 0.5) is 5.69 Å². The summed E-state index contributed by atoms with van der Waals surface area (Å²) in [5.74, 6) is 1.30. The SMILES string of the molecule is COc1ccc(N(CC(=O)N/N=C\c2ccc3c(c2)OCO3)S(=O)(=O)c2ccccc2)cc1OC. The van der Waals surface area contributed by atoms with Gasteiger partial charge in [-0.3, -0.25) is 9.10 Å². The van der Waals surface area contributed by atoms with Gasteiger partial charge in [0.25, 0.3) is 15.9 Å². The van der Waals surface area contributed by atoms with E-state index < -0.39 is 22.5 Å². The lowest BCUT2D eigenvalue weighted by Crippen LogP contribution is -2.39. The molecule has 0 unspecified atom stereocenters. The number of sulfonamides is 1. The molecule has 1 aliphatic rings. The number of anilines is 1. The third kappa shape index (κ3) is 5.30. The Kier molecular flexibility index (Phi) is 7.06. The fraction of sp³-hybridized carbons (Fsp3) is 0.167. The van der Waals surface area contributed by atoms with E-state index in [1.165, 1.54) is 44.7 Å². The topological polar surface area (TPSA) is 116 Å².